The summed E-state index contributed by atoms with van der Waals surface area (Å²) >= 11 is 0. The maximum absolute atomic E-state index is 13.4. The number of pyridine rings is 1. The third-order valence-corrected chi connectivity index (χ3v) is 7.65. The van der Waals surface area contributed by atoms with Crippen molar-refractivity contribution in [3.8, 4) is 0 Å². The van der Waals surface area contributed by atoms with Gasteiger partial charge in [-0.25, -0.2) is 4.98 Å². The molecule has 0 bridgehead atoms. The van der Waals surface area contributed by atoms with E-state index in [0.717, 1.165) is 31.2 Å². The van der Waals surface area contributed by atoms with Crippen LogP contribution in [0.5, 0.6) is 0 Å². The number of hydrogen-bond acceptors (Lipinski definition) is 7. The van der Waals surface area contributed by atoms with E-state index in [4.69, 9.17) is 4.74 Å². The smallest absolute Gasteiger partial charge is 0.253 e. The molecule has 2 aromatic rings. The molecule has 184 valence electrons. The van der Waals surface area contributed by atoms with Crippen LogP contribution in [0.1, 0.15) is 61.4 Å². The molecular formula is C25H30N6O4. The lowest BCUT2D eigenvalue weighted by Gasteiger charge is -2.32. The quantitative estimate of drug-likeness (QED) is 0.601. The van der Waals surface area contributed by atoms with Crippen LogP contribution >= 0.6 is 0 Å². The van der Waals surface area contributed by atoms with Crippen LogP contribution in [0, 0.1) is 11.8 Å². The fraction of sp³-hybridized carbons (Fsp3) is 0.520. The van der Waals surface area contributed by atoms with Gasteiger partial charge in [0.25, 0.3) is 5.91 Å². The van der Waals surface area contributed by atoms with Gasteiger partial charge in [0.05, 0.1) is 29.1 Å². The SMILES string of the molecule is CC1CCC([C@H](NC(=O)c2ccnnc2)C(=O)Nc2cc3c(cn2)C2(CCOCC2)C(=O)N3)CC1. The van der Waals surface area contributed by atoms with Gasteiger partial charge in [0, 0.05) is 31.0 Å². The molecule has 3 N–H and O–H groups in total. The maximum Gasteiger partial charge on any atom is 0.253 e. The highest BCUT2D eigenvalue weighted by atomic mass is 16.5. The average Bonchev–Trinajstić information content (AvgIpc) is 3.13. The molecule has 5 rings (SSSR count). The lowest BCUT2D eigenvalue weighted by molar-refractivity contribution is -0.124. The number of nitrogens with one attached hydrogen (secondary N) is 3. The highest BCUT2D eigenvalue weighted by Gasteiger charge is 2.48. The van der Waals surface area contributed by atoms with Crippen molar-refractivity contribution in [1.82, 2.24) is 20.5 Å². The molecule has 1 atom stereocenters. The third-order valence-electron chi connectivity index (χ3n) is 7.65. The Kier molecular flexibility index (Phi) is 6.46. The molecule has 3 aliphatic rings. The Morgan fingerprint density at radius 2 is 1.91 bits per heavy atom. The van der Waals surface area contributed by atoms with Crippen molar-refractivity contribution in [1.29, 1.82) is 0 Å². The highest BCUT2D eigenvalue weighted by molar-refractivity contribution is 6.07. The number of carbonyl (C=O) groups is 3. The van der Waals surface area contributed by atoms with E-state index in [-0.39, 0.29) is 23.6 Å². The number of ether oxygens (including phenoxy) is 1. The first-order valence-corrected chi connectivity index (χ1v) is 12.2. The number of anilines is 2. The Morgan fingerprint density at radius 1 is 1.14 bits per heavy atom. The standard InChI is InChI=1S/C25H30N6O4/c1-15-2-4-16(5-3-15)21(31-22(32)17-6-9-27-28-13-17)23(33)30-20-12-19-18(14-26-20)25(24(34)29-19)7-10-35-11-8-25/h6,9,12-16,21H,2-5,7-8,10-11H2,1H3,(H,29,34)(H,31,32)(H,26,30,33)/t15?,16?,21-/m0/s1. The summed E-state index contributed by atoms with van der Waals surface area (Å²) in [4.78, 5) is 43.5. The molecule has 1 saturated carbocycles. The summed E-state index contributed by atoms with van der Waals surface area (Å²) in [5.41, 5.74) is 1.25. The number of hydrogen-bond donors (Lipinski definition) is 3. The number of rotatable bonds is 5. The zero-order chi connectivity index (χ0) is 24.4. The molecule has 10 heteroatoms. The van der Waals surface area contributed by atoms with Gasteiger partial charge in [-0.1, -0.05) is 19.8 Å². The predicted octanol–water partition coefficient (Wildman–Crippen LogP) is 2.44. The fourth-order valence-corrected chi connectivity index (χ4v) is 5.46. The second kappa shape index (κ2) is 9.69. The molecule has 4 heterocycles. The van der Waals surface area contributed by atoms with Crippen molar-refractivity contribution in [2.24, 2.45) is 11.8 Å². The van der Waals surface area contributed by atoms with Crippen LogP contribution in [-0.2, 0) is 19.7 Å². The van der Waals surface area contributed by atoms with Crippen LogP contribution in [0.15, 0.2) is 30.7 Å². The molecule has 3 amide bonds. The Morgan fingerprint density at radius 3 is 2.63 bits per heavy atom. The average molecular weight is 479 g/mol. The monoisotopic (exact) mass is 478 g/mol. The molecule has 1 saturated heterocycles. The summed E-state index contributed by atoms with van der Waals surface area (Å²) in [6, 6.07) is 2.55. The van der Waals surface area contributed by atoms with Crippen molar-refractivity contribution in [2.45, 2.75) is 56.9 Å². The Bertz CT molecular complexity index is 1110. The molecule has 2 aliphatic heterocycles. The summed E-state index contributed by atoms with van der Waals surface area (Å²) in [6.07, 6.45) is 9.44. The van der Waals surface area contributed by atoms with Gasteiger partial charge in [-0.2, -0.15) is 10.2 Å². The normalized spacial score (nSPS) is 23.7. The number of aromatic nitrogens is 3. The summed E-state index contributed by atoms with van der Waals surface area (Å²) < 4.78 is 5.45. The second-order valence-electron chi connectivity index (χ2n) is 9.86. The first kappa shape index (κ1) is 23.3. The number of carbonyl (C=O) groups excluding carboxylic acids is 3. The van der Waals surface area contributed by atoms with Crippen LogP contribution in [0.2, 0.25) is 0 Å². The van der Waals surface area contributed by atoms with Gasteiger partial charge in [-0.3, -0.25) is 14.4 Å². The van der Waals surface area contributed by atoms with Crippen LogP contribution in [0.3, 0.4) is 0 Å². The van der Waals surface area contributed by atoms with Crippen LogP contribution in [-0.4, -0.2) is 52.2 Å². The molecule has 0 aromatic carbocycles. The van der Waals surface area contributed by atoms with Crippen molar-refractivity contribution in [3.05, 3.63) is 41.9 Å². The summed E-state index contributed by atoms with van der Waals surface area (Å²) in [5.74, 6) is 0.228. The third kappa shape index (κ3) is 4.62. The number of amides is 3. The van der Waals surface area contributed by atoms with E-state index < -0.39 is 11.5 Å². The molecule has 10 nitrogen and oxygen atoms in total. The first-order valence-electron chi connectivity index (χ1n) is 12.2. The van der Waals surface area contributed by atoms with Gasteiger partial charge < -0.3 is 20.7 Å². The molecule has 2 aromatic heterocycles. The van der Waals surface area contributed by atoms with Gasteiger partial charge in [0.15, 0.2) is 0 Å². The Labute approximate surface area is 203 Å². The molecular weight excluding hydrogens is 448 g/mol. The topological polar surface area (TPSA) is 135 Å². The molecule has 35 heavy (non-hydrogen) atoms. The molecule has 2 fully saturated rings. The van der Waals surface area contributed by atoms with E-state index in [2.05, 4.69) is 38.1 Å². The number of nitrogens with zero attached hydrogens (tertiary/aromatic N) is 3. The van der Waals surface area contributed by atoms with Gasteiger partial charge >= 0.3 is 0 Å². The highest BCUT2D eigenvalue weighted by Crippen LogP contribution is 2.44. The summed E-state index contributed by atoms with van der Waals surface area (Å²) in [7, 11) is 0. The lowest BCUT2D eigenvalue weighted by Crippen LogP contribution is -2.49. The van der Waals surface area contributed by atoms with E-state index >= 15 is 0 Å². The van der Waals surface area contributed by atoms with Gasteiger partial charge in [0.1, 0.15) is 11.9 Å². The largest absolute Gasteiger partial charge is 0.381 e. The van der Waals surface area contributed by atoms with Gasteiger partial charge in [-0.05, 0) is 43.6 Å². The first-order chi connectivity index (χ1) is 17.0. The molecule has 1 spiro atoms. The summed E-state index contributed by atoms with van der Waals surface area (Å²) in [5, 5.41) is 16.2. The lowest BCUT2D eigenvalue weighted by atomic mass is 9.76. The van der Waals surface area contributed by atoms with Crippen LogP contribution < -0.4 is 16.0 Å². The van der Waals surface area contributed by atoms with Crippen molar-refractivity contribution >= 4 is 29.2 Å². The zero-order valence-corrected chi connectivity index (χ0v) is 19.8. The maximum atomic E-state index is 13.4. The van der Waals surface area contributed by atoms with E-state index in [1.165, 1.54) is 12.4 Å². The van der Waals surface area contributed by atoms with Gasteiger partial charge in [-0.15, -0.1) is 0 Å². The molecule has 0 unspecified atom stereocenters. The van der Waals surface area contributed by atoms with Crippen molar-refractivity contribution < 1.29 is 19.1 Å². The van der Waals surface area contributed by atoms with E-state index in [0.29, 0.717) is 49.0 Å². The van der Waals surface area contributed by atoms with E-state index in [1.54, 1.807) is 18.3 Å². The Hall–Kier alpha value is -3.40. The predicted molar refractivity (Wildman–Crippen MR) is 128 cm³/mol. The van der Waals surface area contributed by atoms with Crippen LogP contribution in [0.4, 0.5) is 11.5 Å². The fourth-order valence-electron chi connectivity index (χ4n) is 5.46. The number of fused-ring (bicyclic) bond motifs is 2. The minimum absolute atomic E-state index is 0.0181. The van der Waals surface area contributed by atoms with Crippen molar-refractivity contribution in [2.75, 3.05) is 23.8 Å². The molecule has 1 aliphatic carbocycles. The minimum Gasteiger partial charge on any atom is -0.381 e. The molecule has 0 radical (unpaired) electrons. The summed E-state index contributed by atoms with van der Waals surface area (Å²) in [6.45, 7) is 3.26. The minimum atomic E-state index is -0.713. The zero-order valence-electron chi connectivity index (χ0n) is 19.8. The van der Waals surface area contributed by atoms with E-state index in [1.807, 2.05) is 0 Å². The second-order valence-corrected chi connectivity index (χ2v) is 9.86. The Balaban J connectivity index is 1.35. The van der Waals surface area contributed by atoms with E-state index in [9.17, 15) is 14.4 Å². The van der Waals surface area contributed by atoms with Crippen molar-refractivity contribution in [3.63, 3.8) is 0 Å². The van der Waals surface area contributed by atoms with Gasteiger partial charge in [0.2, 0.25) is 11.8 Å². The van der Waals surface area contributed by atoms with Crippen LogP contribution in [0.25, 0.3) is 0 Å².